The van der Waals surface area contributed by atoms with Crippen LogP contribution in [0.25, 0.3) is 0 Å². The molecule has 3 nitrogen and oxygen atoms in total. The number of hydrogen-bond acceptors (Lipinski definition) is 4. The Hall–Kier alpha value is -0.610. The van der Waals surface area contributed by atoms with Gasteiger partial charge in [0.2, 0.25) is 0 Å². The minimum Gasteiger partial charge on any atom is -0.375 e. The summed E-state index contributed by atoms with van der Waals surface area (Å²) in [6.45, 7) is 0. The fourth-order valence-corrected chi connectivity index (χ4v) is 4.11. The summed E-state index contributed by atoms with van der Waals surface area (Å²) < 4.78 is 0. The van der Waals surface area contributed by atoms with Crippen LogP contribution in [0.2, 0.25) is 0 Å². The molecule has 1 aromatic rings. The highest BCUT2D eigenvalue weighted by molar-refractivity contribution is 7.15. The van der Waals surface area contributed by atoms with Crippen molar-refractivity contribution < 1.29 is 0 Å². The van der Waals surface area contributed by atoms with Gasteiger partial charge in [0.1, 0.15) is 0 Å². The van der Waals surface area contributed by atoms with Crippen LogP contribution in [0.15, 0.2) is 0 Å². The monoisotopic (exact) mass is 193 g/mol. The lowest BCUT2D eigenvalue weighted by atomic mass is 9.71. The first kappa shape index (κ1) is 6.79. The van der Waals surface area contributed by atoms with Crippen LogP contribution in [0.5, 0.6) is 0 Å². The van der Waals surface area contributed by atoms with Gasteiger partial charge in [0.25, 0.3) is 0 Å². The van der Waals surface area contributed by atoms with Crippen molar-refractivity contribution in [3.63, 3.8) is 0 Å². The second-order valence-corrected chi connectivity index (χ2v) is 5.37. The molecule has 2 N–H and O–H groups in total. The first-order valence-corrected chi connectivity index (χ1v) is 5.67. The van der Waals surface area contributed by atoms with Crippen molar-refractivity contribution in [2.24, 2.45) is 0 Å². The number of hydrogen-bond donors (Lipinski definition) is 1. The molecule has 1 unspecified atom stereocenters. The lowest BCUT2D eigenvalue weighted by Crippen LogP contribution is -2.68. The molecule has 4 heteroatoms. The molecule has 2 fully saturated rings. The predicted molar refractivity (Wildman–Crippen MR) is 51.6 cm³/mol. The van der Waals surface area contributed by atoms with E-state index in [0.29, 0.717) is 6.04 Å². The fourth-order valence-electron chi connectivity index (χ4n) is 3.13. The lowest BCUT2D eigenvalue weighted by Gasteiger charge is -2.63. The van der Waals surface area contributed by atoms with Crippen LogP contribution in [-0.4, -0.2) is 22.0 Å². The SMILES string of the molecule is Nc1nc2c(s1)[C@H]1CC3C[C@@H](C2)N31. The van der Waals surface area contributed by atoms with Crippen molar-refractivity contribution in [2.45, 2.75) is 37.4 Å². The molecular weight excluding hydrogens is 182 g/mol. The van der Waals surface area contributed by atoms with Crippen LogP contribution in [0.4, 0.5) is 5.13 Å². The highest BCUT2D eigenvalue weighted by Crippen LogP contribution is 2.56. The Balaban J connectivity index is 1.87. The Labute approximate surface area is 80.6 Å². The molecule has 0 amide bonds. The summed E-state index contributed by atoms with van der Waals surface area (Å²) in [6.07, 6.45) is 3.90. The van der Waals surface area contributed by atoms with Gasteiger partial charge in [0.05, 0.1) is 5.69 Å². The smallest absolute Gasteiger partial charge is 0.180 e. The molecule has 0 saturated carbocycles. The van der Waals surface area contributed by atoms with E-state index in [9.17, 15) is 0 Å². The first-order chi connectivity index (χ1) is 6.33. The second-order valence-electron chi connectivity index (χ2n) is 4.31. The maximum atomic E-state index is 5.74. The molecule has 0 radical (unpaired) electrons. The van der Waals surface area contributed by atoms with E-state index in [2.05, 4.69) is 9.88 Å². The molecule has 3 aliphatic heterocycles. The lowest BCUT2D eigenvalue weighted by molar-refractivity contribution is -0.128. The summed E-state index contributed by atoms with van der Waals surface area (Å²) in [6, 6.07) is 2.41. The third kappa shape index (κ3) is 0.647. The molecular formula is C9H11N3S. The van der Waals surface area contributed by atoms with E-state index in [0.717, 1.165) is 23.6 Å². The summed E-state index contributed by atoms with van der Waals surface area (Å²) in [4.78, 5) is 8.53. The minimum atomic E-state index is 0.697. The maximum Gasteiger partial charge on any atom is 0.180 e. The van der Waals surface area contributed by atoms with Gasteiger partial charge in [-0.15, -0.1) is 11.3 Å². The highest BCUT2D eigenvalue weighted by Gasteiger charge is 2.55. The van der Waals surface area contributed by atoms with Crippen molar-refractivity contribution in [1.29, 1.82) is 0 Å². The van der Waals surface area contributed by atoms with E-state index in [-0.39, 0.29) is 0 Å². The van der Waals surface area contributed by atoms with Gasteiger partial charge in [0.15, 0.2) is 5.13 Å². The van der Waals surface area contributed by atoms with Crippen molar-refractivity contribution in [1.82, 2.24) is 9.88 Å². The topological polar surface area (TPSA) is 42.1 Å². The zero-order chi connectivity index (χ0) is 8.58. The van der Waals surface area contributed by atoms with E-state index in [4.69, 9.17) is 5.73 Å². The molecule has 0 bridgehead atoms. The van der Waals surface area contributed by atoms with Crippen LogP contribution in [0.3, 0.4) is 0 Å². The van der Waals surface area contributed by atoms with E-state index < -0.39 is 0 Å². The predicted octanol–water partition coefficient (Wildman–Crippen LogP) is 1.17. The number of nitrogen functional groups attached to an aromatic ring is 1. The zero-order valence-electron chi connectivity index (χ0n) is 7.23. The van der Waals surface area contributed by atoms with Gasteiger partial charge in [-0.2, -0.15) is 0 Å². The Kier molecular flexibility index (Phi) is 0.996. The number of anilines is 1. The van der Waals surface area contributed by atoms with E-state index in [1.807, 2.05) is 0 Å². The summed E-state index contributed by atoms with van der Waals surface area (Å²) >= 11 is 1.70. The van der Waals surface area contributed by atoms with Crippen molar-refractivity contribution in [3.8, 4) is 0 Å². The van der Waals surface area contributed by atoms with Crippen LogP contribution in [0, 0.1) is 0 Å². The highest BCUT2D eigenvalue weighted by atomic mass is 32.1. The number of nitrogens with zero attached hydrogens (tertiary/aromatic N) is 2. The number of aromatic nitrogens is 1. The van der Waals surface area contributed by atoms with Gasteiger partial charge in [-0.05, 0) is 12.8 Å². The number of nitrogens with two attached hydrogens (primary N) is 1. The second kappa shape index (κ2) is 1.91. The van der Waals surface area contributed by atoms with Crippen LogP contribution in [0.1, 0.15) is 29.5 Å². The number of fused-ring (bicyclic) bond motifs is 2. The number of rotatable bonds is 0. The van der Waals surface area contributed by atoms with Crippen molar-refractivity contribution >= 4 is 16.5 Å². The number of piperidine rings is 1. The van der Waals surface area contributed by atoms with Gasteiger partial charge < -0.3 is 5.73 Å². The largest absolute Gasteiger partial charge is 0.375 e. The normalized spacial score (nSPS) is 40.2. The molecule has 4 heterocycles. The molecule has 13 heavy (non-hydrogen) atoms. The zero-order valence-corrected chi connectivity index (χ0v) is 8.05. The van der Waals surface area contributed by atoms with Gasteiger partial charge in [-0.25, -0.2) is 4.98 Å². The van der Waals surface area contributed by atoms with Gasteiger partial charge in [-0.3, -0.25) is 4.90 Å². The van der Waals surface area contributed by atoms with E-state index in [1.165, 1.54) is 23.4 Å². The van der Waals surface area contributed by atoms with Crippen LogP contribution < -0.4 is 5.73 Å². The van der Waals surface area contributed by atoms with Crippen molar-refractivity contribution in [2.75, 3.05) is 5.73 Å². The Bertz CT molecular complexity index is 386. The summed E-state index contributed by atoms with van der Waals surface area (Å²) in [5, 5.41) is 0.760. The minimum absolute atomic E-state index is 0.697. The molecule has 4 rings (SSSR count). The Morgan fingerprint density at radius 3 is 3.15 bits per heavy atom. The molecule has 3 aliphatic rings. The third-order valence-electron chi connectivity index (χ3n) is 3.72. The van der Waals surface area contributed by atoms with Crippen molar-refractivity contribution in [3.05, 3.63) is 10.6 Å². The van der Waals surface area contributed by atoms with E-state index in [1.54, 1.807) is 11.3 Å². The van der Waals surface area contributed by atoms with Gasteiger partial charge in [-0.1, -0.05) is 0 Å². The Morgan fingerprint density at radius 2 is 2.31 bits per heavy atom. The summed E-state index contributed by atoms with van der Waals surface area (Å²) in [5.74, 6) is 0. The molecule has 1 aromatic heterocycles. The fraction of sp³-hybridized carbons (Fsp3) is 0.667. The number of thiazole rings is 1. The molecule has 0 aromatic carbocycles. The first-order valence-electron chi connectivity index (χ1n) is 4.85. The van der Waals surface area contributed by atoms with Crippen LogP contribution in [-0.2, 0) is 6.42 Å². The molecule has 3 atom stereocenters. The van der Waals surface area contributed by atoms with Gasteiger partial charge >= 0.3 is 0 Å². The average Bonchev–Trinajstić information content (AvgIpc) is 2.36. The standard InChI is InChI=1S/C9H11N3S/c10-9-11-6-2-4-1-5-3-7(12(4)5)8(6)13-9/h4-5,7H,1-3H2,(H2,10,11)/t4-,5?,7+/m0/s1. The molecule has 0 aliphatic carbocycles. The maximum absolute atomic E-state index is 5.74. The van der Waals surface area contributed by atoms with Crippen LogP contribution >= 0.6 is 11.3 Å². The van der Waals surface area contributed by atoms with Gasteiger partial charge in [0, 0.05) is 29.4 Å². The molecule has 2 saturated heterocycles. The Morgan fingerprint density at radius 1 is 1.38 bits per heavy atom. The molecule has 68 valence electrons. The quantitative estimate of drug-likeness (QED) is 0.672. The third-order valence-corrected chi connectivity index (χ3v) is 4.75. The summed E-state index contributed by atoms with van der Waals surface area (Å²) in [7, 11) is 0. The van der Waals surface area contributed by atoms with E-state index >= 15 is 0 Å². The average molecular weight is 193 g/mol. The molecule has 0 spiro atoms. The summed E-state index contributed by atoms with van der Waals surface area (Å²) in [5.41, 5.74) is 7.04.